The minimum Gasteiger partial charge on any atom is -0.489 e. The van der Waals surface area contributed by atoms with Crippen LogP contribution in [0.5, 0.6) is 5.75 Å². The third-order valence-corrected chi connectivity index (χ3v) is 4.58. The fourth-order valence-electron chi connectivity index (χ4n) is 3.22. The average Bonchev–Trinajstić information content (AvgIpc) is 3.14. The summed E-state index contributed by atoms with van der Waals surface area (Å²) in [5, 5.41) is 5.85. The molecule has 4 aromatic rings. The summed E-state index contributed by atoms with van der Waals surface area (Å²) in [4.78, 5) is 16.9. The summed E-state index contributed by atoms with van der Waals surface area (Å²) in [6.07, 6.45) is 0. The van der Waals surface area contributed by atoms with Crippen molar-refractivity contribution in [2.75, 3.05) is 14.2 Å². The Hall–Kier alpha value is -3.80. The summed E-state index contributed by atoms with van der Waals surface area (Å²) in [6, 6.07) is 20.9. The maximum absolute atomic E-state index is 12.1. The van der Waals surface area contributed by atoms with Crippen LogP contribution in [0.1, 0.15) is 11.1 Å². The molecule has 1 heterocycles. The molecule has 0 radical (unpaired) electrons. The SMILES string of the molecule is CO/N=C(/C(=O)OC)c1ccccc1COc1ccc2oc3ccccc3c2c1. The third-order valence-electron chi connectivity index (χ3n) is 4.58. The molecular weight excluding hydrogens is 370 g/mol. The van der Waals surface area contributed by atoms with E-state index in [0.717, 1.165) is 27.5 Å². The van der Waals surface area contributed by atoms with E-state index in [1.807, 2.05) is 60.7 Å². The lowest BCUT2D eigenvalue weighted by Crippen LogP contribution is -2.19. The minimum atomic E-state index is -0.578. The summed E-state index contributed by atoms with van der Waals surface area (Å²) in [6.45, 7) is 0.247. The molecule has 6 nitrogen and oxygen atoms in total. The van der Waals surface area contributed by atoms with Gasteiger partial charge in [0.1, 0.15) is 30.6 Å². The predicted octanol–water partition coefficient (Wildman–Crippen LogP) is 4.69. The zero-order valence-electron chi connectivity index (χ0n) is 16.0. The highest BCUT2D eigenvalue weighted by Gasteiger charge is 2.19. The van der Waals surface area contributed by atoms with Gasteiger partial charge in [0.25, 0.3) is 0 Å². The number of carbonyl (C=O) groups is 1. The smallest absolute Gasteiger partial charge is 0.360 e. The quantitative estimate of drug-likeness (QED) is 0.272. The van der Waals surface area contributed by atoms with Crippen LogP contribution in [-0.4, -0.2) is 25.9 Å². The molecule has 0 N–H and O–H groups in total. The average molecular weight is 389 g/mol. The minimum absolute atomic E-state index is 0.0884. The molecule has 0 bridgehead atoms. The van der Waals surface area contributed by atoms with Crippen molar-refractivity contribution in [2.24, 2.45) is 5.16 Å². The number of hydrogen-bond donors (Lipinski definition) is 0. The molecule has 0 aliphatic rings. The molecule has 3 aromatic carbocycles. The lowest BCUT2D eigenvalue weighted by molar-refractivity contribution is -0.132. The number of oxime groups is 1. The van der Waals surface area contributed by atoms with Gasteiger partial charge in [0.15, 0.2) is 5.71 Å². The zero-order valence-corrected chi connectivity index (χ0v) is 16.0. The van der Waals surface area contributed by atoms with Gasteiger partial charge in [0.2, 0.25) is 0 Å². The zero-order chi connectivity index (χ0) is 20.2. The Morgan fingerprint density at radius 3 is 2.52 bits per heavy atom. The second-order valence-corrected chi connectivity index (χ2v) is 6.32. The highest BCUT2D eigenvalue weighted by Crippen LogP contribution is 2.31. The van der Waals surface area contributed by atoms with Crippen LogP contribution in [0.4, 0.5) is 0 Å². The first-order valence-electron chi connectivity index (χ1n) is 9.03. The first-order valence-corrected chi connectivity index (χ1v) is 9.03. The number of nitrogens with zero attached hydrogens (tertiary/aromatic N) is 1. The van der Waals surface area contributed by atoms with E-state index in [4.69, 9.17) is 18.7 Å². The molecule has 0 spiro atoms. The van der Waals surface area contributed by atoms with E-state index in [-0.39, 0.29) is 12.3 Å². The number of rotatable bonds is 6. The number of para-hydroxylation sites is 1. The van der Waals surface area contributed by atoms with Gasteiger partial charge < -0.3 is 18.7 Å². The van der Waals surface area contributed by atoms with E-state index in [2.05, 4.69) is 5.16 Å². The second kappa shape index (κ2) is 8.06. The van der Waals surface area contributed by atoms with Crippen molar-refractivity contribution >= 4 is 33.6 Å². The van der Waals surface area contributed by atoms with Crippen LogP contribution in [-0.2, 0) is 21.0 Å². The van der Waals surface area contributed by atoms with Crippen molar-refractivity contribution in [1.29, 1.82) is 0 Å². The van der Waals surface area contributed by atoms with Crippen LogP contribution in [0, 0.1) is 0 Å². The number of methoxy groups -OCH3 is 1. The first kappa shape index (κ1) is 18.6. The summed E-state index contributed by atoms with van der Waals surface area (Å²) < 4.78 is 16.7. The number of fused-ring (bicyclic) bond motifs is 3. The van der Waals surface area contributed by atoms with Crippen LogP contribution < -0.4 is 4.74 Å². The summed E-state index contributed by atoms with van der Waals surface area (Å²) in [5.41, 5.74) is 3.11. The number of esters is 1. The standard InChI is InChI=1S/C23H19NO5/c1-26-23(25)22(24-27-2)17-8-4-3-7-15(17)14-28-16-11-12-21-19(13-16)18-9-5-6-10-20(18)29-21/h3-13H,14H2,1-2H3/b24-22+. The van der Waals surface area contributed by atoms with E-state index in [9.17, 15) is 4.79 Å². The van der Waals surface area contributed by atoms with E-state index in [1.165, 1.54) is 14.2 Å². The Bertz CT molecular complexity index is 1210. The Balaban J connectivity index is 1.63. The molecular formula is C23H19NO5. The first-order chi connectivity index (χ1) is 14.2. The highest BCUT2D eigenvalue weighted by atomic mass is 16.6. The van der Waals surface area contributed by atoms with E-state index in [0.29, 0.717) is 11.3 Å². The van der Waals surface area contributed by atoms with Gasteiger partial charge >= 0.3 is 5.97 Å². The lowest BCUT2D eigenvalue weighted by atomic mass is 10.0. The predicted molar refractivity (Wildman–Crippen MR) is 110 cm³/mol. The maximum atomic E-state index is 12.1. The molecule has 1 aromatic heterocycles. The van der Waals surface area contributed by atoms with Crippen molar-refractivity contribution in [3.8, 4) is 5.75 Å². The van der Waals surface area contributed by atoms with Gasteiger partial charge in [0.05, 0.1) is 7.11 Å². The molecule has 0 aliphatic heterocycles. The van der Waals surface area contributed by atoms with Gasteiger partial charge in [-0.2, -0.15) is 0 Å². The Morgan fingerprint density at radius 1 is 0.931 bits per heavy atom. The topological polar surface area (TPSA) is 70.3 Å². The number of benzene rings is 3. The second-order valence-electron chi connectivity index (χ2n) is 6.32. The number of ether oxygens (including phenoxy) is 2. The Morgan fingerprint density at radius 2 is 1.69 bits per heavy atom. The number of furan rings is 1. The van der Waals surface area contributed by atoms with Crippen molar-refractivity contribution < 1.29 is 23.5 Å². The molecule has 0 amide bonds. The van der Waals surface area contributed by atoms with Crippen molar-refractivity contribution in [3.63, 3.8) is 0 Å². The van der Waals surface area contributed by atoms with Crippen LogP contribution in [0.25, 0.3) is 21.9 Å². The van der Waals surface area contributed by atoms with Gasteiger partial charge in [-0.15, -0.1) is 0 Å². The molecule has 0 unspecified atom stereocenters. The monoisotopic (exact) mass is 389 g/mol. The van der Waals surface area contributed by atoms with Crippen molar-refractivity contribution in [2.45, 2.75) is 6.61 Å². The van der Waals surface area contributed by atoms with Crippen LogP contribution in [0.2, 0.25) is 0 Å². The van der Waals surface area contributed by atoms with Crippen molar-refractivity contribution in [3.05, 3.63) is 77.9 Å². The van der Waals surface area contributed by atoms with Crippen LogP contribution >= 0.6 is 0 Å². The molecule has 0 saturated heterocycles. The van der Waals surface area contributed by atoms with Gasteiger partial charge in [-0.05, 0) is 29.8 Å². The molecule has 0 atom stereocenters. The van der Waals surface area contributed by atoms with Gasteiger partial charge in [-0.25, -0.2) is 4.79 Å². The van der Waals surface area contributed by atoms with Gasteiger partial charge in [-0.1, -0.05) is 47.6 Å². The molecule has 0 fully saturated rings. The number of carbonyl (C=O) groups excluding carboxylic acids is 1. The Kier molecular flexibility index (Phi) is 5.16. The summed E-state index contributed by atoms with van der Waals surface area (Å²) >= 11 is 0. The molecule has 4 rings (SSSR count). The normalized spacial score (nSPS) is 11.6. The molecule has 6 heteroatoms. The highest BCUT2D eigenvalue weighted by molar-refractivity contribution is 6.43. The van der Waals surface area contributed by atoms with E-state index in [1.54, 1.807) is 6.07 Å². The largest absolute Gasteiger partial charge is 0.489 e. The van der Waals surface area contributed by atoms with Crippen LogP contribution in [0.15, 0.2) is 76.3 Å². The molecule has 29 heavy (non-hydrogen) atoms. The fourth-order valence-corrected chi connectivity index (χ4v) is 3.22. The van der Waals surface area contributed by atoms with E-state index < -0.39 is 5.97 Å². The molecule has 0 saturated carbocycles. The third kappa shape index (κ3) is 3.65. The summed E-state index contributed by atoms with van der Waals surface area (Å²) in [5.74, 6) is 0.118. The number of hydrogen-bond acceptors (Lipinski definition) is 6. The summed E-state index contributed by atoms with van der Waals surface area (Å²) in [7, 11) is 2.68. The van der Waals surface area contributed by atoms with Crippen molar-refractivity contribution in [1.82, 2.24) is 0 Å². The van der Waals surface area contributed by atoms with E-state index >= 15 is 0 Å². The van der Waals surface area contributed by atoms with Gasteiger partial charge in [0, 0.05) is 16.3 Å². The maximum Gasteiger partial charge on any atom is 0.360 e. The Labute approximate surface area is 167 Å². The van der Waals surface area contributed by atoms with Gasteiger partial charge in [-0.3, -0.25) is 0 Å². The lowest BCUT2D eigenvalue weighted by Gasteiger charge is -2.11. The molecule has 0 aliphatic carbocycles. The molecule has 146 valence electrons. The fraction of sp³-hybridized carbons (Fsp3) is 0.130. The van der Waals surface area contributed by atoms with Crippen LogP contribution in [0.3, 0.4) is 0 Å².